The fraction of sp³-hybridized carbons (Fsp3) is 0. The van der Waals surface area contributed by atoms with Gasteiger partial charge in [-0.25, -0.2) is 8.42 Å². The number of nitrogens with zero attached hydrogens (tertiary/aromatic N) is 2. The highest BCUT2D eigenvalue weighted by molar-refractivity contribution is 9.10. The summed E-state index contributed by atoms with van der Waals surface area (Å²) in [7, 11) is -4.09. The zero-order valence-corrected chi connectivity index (χ0v) is 14.8. The average molecular weight is 464 g/mol. The van der Waals surface area contributed by atoms with E-state index in [-0.39, 0.29) is 29.9 Å². The molecule has 11 heteroatoms. The molecule has 0 atom stereocenters. The van der Waals surface area contributed by atoms with Crippen LogP contribution in [0.1, 0.15) is 0 Å². The Morgan fingerprint density at radius 3 is 1.43 bits per heavy atom. The summed E-state index contributed by atoms with van der Waals surface area (Å²) in [6.07, 6.45) is 0. The Bertz CT molecular complexity index is 943. The summed E-state index contributed by atoms with van der Waals surface area (Å²) in [6, 6.07) is 4.65. The zero-order valence-electron chi connectivity index (χ0n) is 10.8. The number of sulfone groups is 1. The molecule has 0 fully saturated rings. The van der Waals surface area contributed by atoms with Gasteiger partial charge in [0.2, 0.25) is 9.84 Å². The first-order valence-corrected chi connectivity index (χ1v) is 8.93. The van der Waals surface area contributed by atoms with Crippen LogP contribution < -0.4 is 0 Å². The lowest BCUT2D eigenvalue weighted by Gasteiger charge is -2.03. The second-order valence-electron chi connectivity index (χ2n) is 4.61. The van der Waals surface area contributed by atoms with E-state index in [1.807, 2.05) is 0 Å². The fourth-order valence-electron chi connectivity index (χ4n) is 2.47. The highest BCUT2D eigenvalue weighted by Crippen LogP contribution is 2.53. The third-order valence-corrected chi connectivity index (χ3v) is 6.03. The predicted octanol–water partition coefficient (Wildman–Crippen LogP) is 3.84. The van der Waals surface area contributed by atoms with Gasteiger partial charge in [-0.1, -0.05) is 31.9 Å². The van der Waals surface area contributed by atoms with Crippen molar-refractivity contribution in [1.29, 1.82) is 0 Å². The van der Waals surface area contributed by atoms with E-state index in [1.54, 1.807) is 0 Å². The van der Waals surface area contributed by atoms with Crippen molar-refractivity contribution in [3.63, 3.8) is 0 Å². The van der Waals surface area contributed by atoms with Crippen LogP contribution in [0.25, 0.3) is 11.1 Å². The lowest BCUT2D eigenvalue weighted by Crippen LogP contribution is -1.98. The van der Waals surface area contributed by atoms with Crippen LogP contribution in [0.15, 0.2) is 43.0 Å². The summed E-state index contributed by atoms with van der Waals surface area (Å²) in [4.78, 5) is 20.4. The third-order valence-electron chi connectivity index (χ3n) is 3.31. The molecule has 1 aliphatic heterocycles. The van der Waals surface area contributed by atoms with E-state index >= 15 is 0 Å². The normalized spacial score (nSPS) is 14.2. The monoisotopic (exact) mass is 462 g/mol. The van der Waals surface area contributed by atoms with E-state index in [0.29, 0.717) is 0 Å². The number of nitro benzene ring substituents is 2. The molecule has 2 aromatic rings. The van der Waals surface area contributed by atoms with Gasteiger partial charge in [0, 0.05) is 21.1 Å². The van der Waals surface area contributed by atoms with Crippen LogP contribution in [-0.2, 0) is 9.84 Å². The van der Waals surface area contributed by atoms with Gasteiger partial charge in [0.1, 0.15) is 0 Å². The van der Waals surface area contributed by atoms with Crippen LogP contribution >= 0.6 is 31.9 Å². The first-order chi connectivity index (χ1) is 10.6. The summed E-state index contributed by atoms with van der Waals surface area (Å²) >= 11 is 6.06. The minimum Gasteiger partial charge on any atom is -0.258 e. The molecule has 0 bridgehead atoms. The maximum Gasteiger partial charge on any atom is 0.279 e. The lowest BCUT2D eigenvalue weighted by atomic mass is 10.0. The van der Waals surface area contributed by atoms with Gasteiger partial charge < -0.3 is 0 Å². The van der Waals surface area contributed by atoms with Crippen molar-refractivity contribution in [1.82, 2.24) is 0 Å². The Kier molecular flexibility index (Phi) is 3.54. The van der Waals surface area contributed by atoms with Crippen LogP contribution in [0.4, 0.5) is 11.4 Å². The Hall–Kier alpha value is -1.85. The molecule has 118 valence electrons. The van der Waals surface area contributed by atoms with Crippen molar-refractivity contribution in [2.45, 2.75) is 9.79 Å². The second-order valence-corrected chi connectivity index (χ2v) is 8.33. The standard InChI is InChI=1S/C12H4Br2N2O6S/c13-5-1-7(15(17)18)11-9(3-5)23(21,22)10-4-6(14)2-8(12(10)11)16(19)20/h1-4H. The van der Waals surface area contributed by atoms with Gasteiger partial charge in [0.15, 0.2) is 0 Å². The Morgan fingerprint density at radius 1 is 0.783 bits per heavy atom. The summed E-state index contributed by atoms with van der Waals surface area (Å²) in [5.41, 5.74) is -1.54. The zero-order chi connectivity index (χ0) is 17.1. The number of hydrogen-bond acceptors (Lipinski definition) is 6. The van der Waals surface area contributed by atoms with E-state index in [4.69, 9.17) is 0 Å². The van der Waals surface area contributed by atoms with Gasteiger partial charge in [-0.15, -0.1) is 0 Å². The molecule has 0 aliphatic carbocycles. The van der Waals surface area contributed by atoms with Crippen molar-refractivity contribution in [2.75, 3.05) is 0 Å². The van der Waals surface area contributed by atoms with Crippen molar-refractivity contribution in [3.05, 3.63) is 53.4 Å². The average Bonchev–Trinajstić information content (AvgIpc) is 2.66. The summed E-state index contributed by atoms with van der Waals surface area (Å²) in [5, 5.41) is 22.6. The molecule has 1 aliphatic rings. The van der Waals surface area contributed by atoms with Gasteiger partial charge in [0.25, 0.3) is 11.4 Å². The summed E-state index contributed by atoms with van der Waals surface area (Å²) < 4.78 is 25.7. The lowest BCUT2D eigenvalue weighted by molar-refractivity contribution is -0.386. The summed E-state index contributed by atoms with van der Waals surface area (Å²) in [5.74, 6) is 0. The van der Waals surface area contributed by atoms with Crippen LogP contribution in [0, 0.1) is 20.2 Å². The quantitative estimate of drug-likeness (QED) is 0.420. The van der Waals surface area contributed by atoms with Crippen LogP contribution in [-0.4, -0.2) is 18.3 Å². The summed E-state index contributed by atoms with van der Waals surface area (Å²) in [6.45, 7) is 0. The van der Waals surface area contributed by atoms with Gasteiger partial charge in [-0.2, -0.15) is 0 Å². The minimum atomic E-state index is -4.09. The molecule has 23 heavy (non-hydrogen) atoms. The van der Waals surface area contributed by atoms with E-state index < -0.39 is 31.1 Å². The maximum atomic E-state index is 12.6. The highest BCUT2D eigenvalue weighted by Gasteiger charge is 2.43. The molecule has 8 nitrogen and oxygen atoms in total. The van der Waals surface area contributed by atoms with Crippen molar-refractivity contribution >= 4 is 53.1 Å². The Labute approximate surface area is 145 Å². The van der Waals surface area contributed by atoms with Crippen LogP contribution in [0.2, 0.25) is 0 Å². The Balaban J connectivity index is 2.59. The molecule has 0 radical (unpaired) electrons. The molecule has 2 aromatic carbocycles. The van der Waals surface area contributed by atoms with Crippen molar-refractivity contribution in [2.24, 2.45) is 0 Å². The molecule has 0 aromatic heterocycles. The molecule has 3 rings (SSSR count). The molecule has 0 spiro atoms. The number of hydrogen-bond donors (Lipinski definition) is 0. The van der Waals surface area contributed by atoms with E-state index in [2.05, 4.69) is 31.9 Å². The molecule has 0 saturated heterocycles. The molecule has 1 heterocycles. The number of benzene rings is 2. The van der Waals surface area contributed by atoms with Gasteiger partial charge >= 0.3 is 0 Å². The minimum absolute atomic E-state index is 0.195. The third kappa shape index (κ3) is 2.26. The molecule has 0 amide bonds. The fourth-order valence-corrected chi connectivity index (χ4v) is 5.42. The highest BCUT2D eigenvalue weighted by atomic mass is 79.9. The number of rotatable bonds is 2. The second kappa shape index (κ2) is 5.08. The van der Waals surface area contributed by atoms with Crippen LogP contribution in [0.5, 0.6) is 0 Å². The van der Waals surface area contributed by atoms with Crippen LogP contribution in [0.3, 0.4) is 0 Å². The first-order valence-electron chi connectivity index (χ1n) is 5.86. The molecule has 0 unspecified atom stereocenters. The van der Waals surface area contributed by atoms with E-state index in [9.17, 15) is 28.6 Å². The van der Waals surface area contributed by atoms with E-state index in [0.717, 1.165) is 12.1 Å². The first kappa shape index (κ1) is 16.0. The van der Waals surface area contributed by atoms with E-state index in [1.165, 1.54) is 12.1 Å². The molecule has 0 saturated carbocycles. The van der Waals surface area contributed by atoms with Gasteiger partial charge in [-0.05, 0) is 12.1 Å². The topological polar surface area (TPSA) is 120 Å². The maximum absolute atomic E-state index is 12.6. The number of halogens is 2. The smallest absolute Gasteiger partial charge is 0.258 e. The van der Waals surface area contributed by atoms with Gasteiger partial charge in [-0.3, -0.25) is 20.2 Å². The van der Waals surface area contributed by atoms with Crippen molar-refractivity contribution < 1.29 is 18.3 Å². The van der Waals surface area contributed by atoms with Gasteiger partial charge in [0.05, 0.1) is 30.8 Å². The number of nitro groups is 2. The molecular weight excluding hydrogens is 460 g/mol. The number of fused-ring (bicyclic) bond motifs is 3. The predicted molar refractivity (Wildman–Crippen MR) is 86.0 cm³/mol. The largest absolute Gasteiger partial charge is 0.279 e. The Morgan fingerprint density at radius 2 is 1.13 bits per heavy atom. The SMILES string of the molecule is O=[N+]([O-])c1cc(Br)cc2c1-c1c([N+](=O)[O-])cc(Br)cc1S2(=O)=O. The van der Waals surface area contributed by atoms with Crippen molar-refractivity contribution in [3.8, 4) is 11.1 Å². The molecule has 0 N–H and O–H groups in total. The molecular formula is C12H4Br2N2O6S.